The van der Waals surface area contributed by atoms with Crippen LogP contribution >= 0.6 is 15.9 Å². The minimum Gasteiger partial charge on any atom is -0.366 e. The maximum absolute atomic E-state index is 13.0. The van der Waals surface area contributed by atoms with Crippen molar-refractivity contribution in [1.29, 1.82) is 0 Å². The van der Waals surface area contributed by atoms with Crippen LogP contribution in [0.2, 0.25) is 0 Å². The first kappa shape index (κ1) is 11.3. The molecule has 0 saturated carbocycles. The predicted molar refractivity (Wildman–Crippen MR) is 51.7 cm³/mol. The number of carbonyl (C=O) groups excluding carboxylic acids is 1. The molecule has 0 radical (unpaired) electrons. The predicted octanol–water partition coefficient (Wildman–Crippen LogP) is 1.27. The Morgan fingerprint density at radius 1 is 1.57 bits per heavy atom. The summed E-state index contributed by atoms with van der Waals surface area (Å²) in [4.78, 5) is 10.3. The van der Waals surface area contributed by atoms with Gasteiger partial charge in [0.15, 0.2) is 11.1 Å². The van der Waals surface area contributed by atoms with Gasteiger partial charge in [-0.05, 0) is 28.1 Å². The number of benzene rings is 1. The zero-order valence-electron chi connectivity index (χ0n) is 6.66. The van der Waals surface area contributed by atoms with Crippen LogP contribution < -0.4 is 5.73 Å². The summed E-state index contributed by atoms with van der Waals surface area (Å²) in [5, 5.41) is 0. The Labute approximate surface area is 89.7 Å². The number of nitrogens with two attached hydrogens (primary N) is 1. The van der Waals surface area contributed by atoms with E-state index in [0.717, 1.165) is 12.1 Å². The van der Waals surface area contributed by atoms with Crippen molar-refractivity contribution < 1.29 is 17.9 Å². The molecule has 7 heteroatoms. The van der Waals surface area contributed by atoms with Crippen molar-refractivity contribution in [2.24, 2.45) is 5.73 Å². The SMILES string of the molecule is NC(=O)c1cc(S(=O)O)c(F)cc1Br. The Kier molecular flexibility index (Phi) is 3.35. The van der Waals surface area contributed by atoms with E-state index in [1.54, 1.807) is 0 Å². The maximum Gasteiger partial charge on any atom is 0.249 e. The summed E-state index contributed by atoms with van der Waals surface area (Å²) in [7, 11) is 0. The van der Waals surface area contributed by atoms with E-state index >= 15 is 0 Å². The Morgan fingerprint density at radius 2 is 2.14 bits per heavy atom. The molecular weight excluding hydrogens is 277 g/mol. The summed E-state index contributed by atoms with van der Waals surface area (Å²) in [5.41, 5.74) is 4.92. The Hall–Kier alpha value is -0.790. The summed E-state index contributed by atoms with van der Waals surface area (Å²) in [6, 6.07) is 1.86. The van der Waals surface area contributed by atoms with Gasteiger partial charge in [-0.25, -0.2) is 8.60 Å². The van der Waals surface area contributed by atoms with E-state index < -0.39 is 27.7 Å². The number of hydrogen-bond donors (Lipinski definition) is 2. The molecule has 0 aliphatic rings. The lowest BCUT2D eigenvalue weighted by molar-refractivity contribution is 0.0999. The third-order valence-corrected chi connectivity index (χ3v) is 2.82. The first-order valence-electron chi connectivity index (χ1n) is 3.33. The van der Waals surface area contributed by atoms with E-state index in [0.29, 0.717) is 0 Å². The molecule has 1 atom stereocenters. The molecule has 0 heterocycles. The van der Waals surface area contributed by atoms with E-state index in [4.69, 9.17) is 10.3 Å². The Balaban J connectivity index is 3.42. The molecular formula is C7H5BrFNO3S. The number of amides is 1. The molecule has 3 N–H and O–H groups in total. The molecule has 4 nitrogen and oxygen atoms in total. The van der Waals surface area contributed by atoms with Crippen molar-refractivity contribution in [2.75, 3.05) is 0 Å². The lowest BCUT2D eigenvalue weighted by atomic mass is 10.2. The van der Waals surface area contributed by atoms with Crippen molar-refractivity contribution in [2.45, 2.75) is 4.90 Å². The largest absolute Gasteiger partial charge is 0.366 e. The van der Waals surface area contributed by atoms with Crippen molar-refractivity contribution in [1.82, 2.24) is 0 Å². The van der Waals surface area contributed by atoms with Gasteiger partial charge in [-0.15, -0.1) is 0 Å². The van der Waals surface area contributed by atoms with Crippen molar-refractivity contribution in [3.8, 4) is 0 Å². The van der Waals surface area contributed by atoms with Crippen LogP contribution in [0.15, 0.2) is 21.5 Å². The third kappa shape index (κ3) is 2.17. The van der Waals surface area contributed by atoms with Gasteiger partial charge in [0, 0.05) is 4.47 Å². The van der Waals surface area contributed by atoms with Crippen LogP contribution in [0.4, 0.5) is 4.39 Å². The minimum absolute atomic E-state index is 0.0381. The highest BCUT2D eigenvalue weighted by Crippen LogP contribution is 2.22. The molecule has 1 rings (SSSR count). The van der Waals surface area contributed by atoms with E-state index in [9.17, 15) is 13.4 Å². The van der Waals surface area contributed by atoms with E-state index in [1.807, 2.05) is 0 Å². The normalized spacial score (nSPS) is 12.5. The molecule has 0 saturated heterocycles. The van der Waals surface area contributed by atoms with Crippen LogP contribution in [0.3, 0.4) is 0 Å². The molecule has 0 aliphatic carbocycles. The lowest BCUT2D eigenvalue weighted by Gasteiger charge is -2.03. The summed E-state index contributed by atoms with van der Waals surface area (Å²) >= 11 is 0.430. The van der Waals surface area contributed by atoms with Crippen LogP contribution in [0, 0.1) is 5.82 Å². The quantitative estimate of drug-likeness (QED) is 0.801. The van der Waals surface area contributed by atoms with Crippen LogP contribution in [-0.4, -0.2) is 14.7 Å². The van der Waals surface area contributed by atoms with Gasteiger partial charge < -0.3 is 10.3 Å². The monoisotopic (exact) mass is 281 g/mol. The number of hydrogen-bond acceptors (Lipinski definition) is 2. The smallest absolute Gasteiger partial charge is 0.249 e. The summed E-state index contributed by atoms with van der Waals surface area (Å²) in [6.45, 7) is 0. The molecule has 76 valence electrons. The third-order valence-electron chi connectivity index (χ3n) is 1.48. The molecule has 1 amide bonds. The number of halogens is 2. The average Bonchev–Trinajstić information content (AvgIpc) is 2.02. The first-order valence-corrected chi connectivity index (χ1v) is 5.23. The van der Waals surface area contributed by atoms with Crippen LogP contribution in [0.25, 0.3) is 0 Å². The summed E-state index contributed by atoms with van der Waals surface area (Å²) in [5.74, 6) is -1.67. The van der Waals surface area contributed by atoms with Gasteiger partial charge in [-0.2, -0.15) is 0 Å². The molecule has 0 bridgehead atoms. The van der Waals surface area contributed by atoms with Gasteiger partial charge in [-0.1, -0.05) is 0 Å². The van der Waals surface area contributed by atoms with Gasteiger partial charge in [0.05, 0.1) is 5.56 Å². The van der Waals surface area contributed by atoms with Crippen molar-refractivity contribution >= 4 is 32.9 Å². The second-order valence-corrected chi connectivity index (χ2v) is 4.17. The molecule has 1 aromatic rings. The Bertz CT molecular complexity index is 388. The molecule has 0 fully saturated rings. The molecule has 1 unspecified atom stereocenters. The summed E-state index contributed by atoms with van der Waals surface area (Å²) < 4.78 is 32.4. The molecule has 0 spiro atoms. The molecule has 1 aromatic carbocycles. The zero-order chi connectivity index (χ0) is 10.9. The topological polar surface area (TPSA) is 80.4 Å². The fraction of sp³-hybridized carbons (Fsp3) is 0. The molecule has 14 heavy (non-hydrogen) atoms. The number of primary amides is 1. The Morgan fingerprint density at radius 3 is 2.57 bits per heavy atom. The van der Waals surface area contributed by atoms with Gasteiger partial charge in [0.25, 0.3) is 0 Å². The highest BCUT2D eigenvalue weighted by atomic mass is 79.9. The lowest BCUT2D eigenvalue weighted by Crippen LogP contribution is -2.13. The van der Waals surface area contributed by atoms with Crippen LogP contribution in [0.1, 0.15) is 10.4 Å². The zero-order valence-corrected chi connectivity index (χ0v) is 9.06. The fourth-order valence-electron chi connectivity index (χ4n) is 0.852. The van der Waals surface area contributed by atoms with E-state index in [1.165, 1.54) is 0 Å². The first-order chi connectivity index (χ1) is 6.43. The van der Waals surface area contributed by atoms with Crippen molar-refractivity contribution in [3.05, 3.63) is 28.0 Å². The maximum atomic E-state index is 13.0. The van der Waals surface area contributed by atoms with Crippen molar-refractivity contribution in [3.63, 3.8) is 0 Å². The molecule has 0 aliphatic heterocycles. The van der Waals surface area contributed by atoms with Crippen LogP contribution in [0.5, 0.6) is 0 Å². The highest BCUT2D eigenvalue weighted by molar-refractivity contribution is 9.10. The summed E-state index contributed by atoms with van der Waals surface area (Å²) in [6.07, 6.45) is 0. The second-order valence-electron chi connectivity index (χ2n) is 2.38. The fourth-order valence-corrected chi connectivity index (χ4v) is 1.81. The van der Waals surface area contributed by atoms with Gasteiger partial charge in [0.2, 0.25) is 5.91 Å². The number of carbonyl (C=O) groups is 1. The number of rotatable bonds is 2. The molecule has 0 aromatic heterocycles. The van der Waals surface area contributed by atoms with Gasteiger partial charge in [-0.3, -0.25) is 4.79 Å². The van der Waals surface area contributed by atoms with E-state index in [2.05, 4.69) is 15.9 Å². The van der Waals surface area contributed by atoms with Gasteiger partial charge >= 0.3 is 0 Å². The van der Waals surface area contributed by atoms with E-state index in [-0.39, 0.29) is 10.0 Å². The van der Waals surface area contributed by atoms with Crippen LogP contribution in [-0.2, 0) is 11.1 Å². The van der Waals surface area contributed by atoms with Gasteiger partial charge in [0.1, 0.15) is 10.7 Å². The highest BCUT2D eigenvalue weighted by Gasteiger charge is 2.15. The minimum atomic E-state index is -2.48. The second kappa shape index (κ2) is 4.16. The average molecular weight is 282 g/mol. The standard InChI is InChI=1S/C7H5BrFNO3S/c8-4-2-5(9)6(14(12)13)1-3(4)7(10)11/h1-2H,(H2,10,11)(H,12,13).